The monoisotopic (exact) mass is 452 g/mol. The quantitative estimate of drug-likeness (QED) is 0.777. The maximum Gasteiger partial charge on any atom is 0.235 e. The Morgan fingerprint density at radius 2 is 1.79 bits per heavy atom. The minimum Gasteiger partial charge on any atom is -0.359 e. The van der Waals surface area contributed by atoms with Gasteiger partial charge in [0.15, 0.2) is 0 Å². The molecule has 2 heterocycles. The average molecular weight is 453 g/mol. The van der Waals surface area contributed by atoms with Gasteiger partial charge in [-0.05, 0) is 59.8 Å². The molecule has 8 heteroatoms. The Balaban J connectivity index is 1.36. The number of nitrogens with zero attached hydrogens (tertiary/aromatic N) is 3. The Labute approximate surface area is 190 Å². The summed E-state index contributed by atoms with van der Waals surface area (Å²) in [5.41, 5.74) is 0.309. The molecule has 4 aliphatic rings. The summed E-state index contributed by atoms with van der Waals surface area (Å²) in [5, 5.41) is 11.4. The summed E-state index contributed by atoms with van der Waals surface area (Å²) in [5.74, 6) is -0.727. The summed E-state index contributed by atoms with van der Waals surface area (Å²) in [4.78, 5) is 27.9. The molecular weight excluding hydrogens is 426 g/mol. The van der Waals surface area contributed by atoms with E-state index < -0.39 is 17.0 Å². The minimum atomic E-state index is -0.800. The van der Waals surface area contributed by atoms with Crippen molar-refractivity contribution in [3.8, 4) is 11.3 Å². The number of benzene rings is 1. The summed E-state index contributed by atoms with van der Waals surface area (Å²) in [6, 6.07) is 5.47. The molecule has 172 valence electrons. The zero-order chi connectivity index (χ0) is 23.3. The number of fused-ring (bicyclic) bond motifs is 6. The smallest absolute Gasteiger partial charge is 0.235 e. The van der Waals surface area contributed by atoms with Crippen LogP contribution in [0.25, 0.3) is 11.3 Å². The van der Waals surface area contributed by atoms with Gasteiger partial charge in [-0.15, -0.1) is 5.10 Å². The molecule has 2 bridgehead atoms. The van der Waals surface area contributed by atoms with Gasteiger partial charge in [0, 0.05) is 26.1 Å². The first-order valence-electron chi connectivity index (χ1n) is 11.6. The van der Waals surface area contributed by atoms with Crippen LogP contribution in [0.5, 0.6) is 0 Å². The first-order valence-corrected chi connectivity index (χ1v) is 11.6. The number of aromatic nitrogens is 2. The van der Waals surface area contributed by atoms with E-state index in [0.717, 1.165) is 12.0 Å². The van der Waals surface area contributed by atoms with Crippen molar-refractivity contribution in [1.29, 1.82) is 0 Å². The van der Waals surface area contributed by atoms with E-state index >= 15 is 0 Å². The molecule has 0 radical (unpaired) electrons. The number of nitrogens with one attached hydrogen (secondary N) is 1. The van der Waals surface area contributed by atoms with E-state index in [1.165, 1.54) is 18.2 Å². The molecule has 1 aliphatic heterocycles. The zero-order valence-electron chi connectivity index (χ0n) is 18.9. The van der Waals surface area contributed by atoms with Crippen LogP contribution in [0, 0.1) is 34.8 Å². The van der Waals surface area contributed by atoms with E-state index in [2.05, 4.69) is 29.4 Å². The minimum absolute atomic E-state index is 0.00904. The molecule has 3 aliphatic carbocycles. The molecular formula is C25H26F2N4O2. The highest BCUT2D eigenvalue weighted by atomic mass is 19.1. The van der Waals surface area contributed by atoms with Crippen LogP contribution >= 0.6 is 0 Å². The summed E-state index contributed by atoms with van der Waals surface area (Å²) >= 11 is 0. The number of carbonyl (C=O) groups is 2. The molecule has 0 unspecified atom stereocenters. The van der Waals surface area contributed by atoms with E-state index in [9.17, 15) is 18.4 Å². The van der Waals surface area contributed by atoms with Crippen LogP contribution in [0.1, 0.15) is 43.9 Å². The van der Waals surface area contributed by atoms with Crippen LogP contribution in [0.3, 0.4) is 0 Å². The second kappa shape index (κ2) is 6.58. The number of piperidine rings is 1. The number of amides is 2. The number of hydrogen-bond acceptors (Lipinski definition) is 4. The Hall–Kier alpha value is -2.90. The molecule has 6 rings (SSSR count). The van der Waals surface area contributed by atoms with Crippen LogP contribution in [0.4, 0.5) is 8.78 Å². The second-order valence-electron chi connectivity index (χ2n) is 10.5. The van der Waals surface area contributed by atoms with E-state index in [-0.39, 0.29) is 52.2 Å². The van der Waals surface area contributed by atoms with Gasteiger partial charge in [0.2, 0.25) is 11.8 Å². The summed E-state index contributed by atoms with van der Waals surface area (Å²) in [6.45, 7) is 5.37. The Morgan fingerprint density at radius 3 is 2.42 bits per heavy atom. The summed E-state index contributed by atoms with van der Waals surface area (Å²) < 4.78 is 28.8. The maximum absolute atomic E-state index is 14.4. The van der Waals surface area contributed by atoms with Crippen molar-refractivity contribution < 1.29 is 18.4 Å². The normalized spacial score (nSPS) is 32.5. The van der Waals surface area contributed by atoms with Crippen molar-refractivity contribution in [1.82, 2.24) is 20.4 Å². The predicted molar refractivity (Wildman–Crippen MR) is 116 cm³/mol. The van der Waals surface area contributed by atoms with Gasteiger partial charge in [0.25, 0.3) is 0 Å². The number of likely N-dealkylation sites (tertiary alicyclic amines) is 1. The highest BCUT2D eigenvalue weighted by Crippen LogP contribution is 2.68. The van der Waals surface area contributed by atoms with Gasteiger partial charge in [-0.2, -0.15) is 5.10 Å². The van der Waals surface area contributed by atoms with Crippen molar-refractivity contribution in [2.24, 2.45) is 23.2 Å². The van der Waals surface area contributed by atoms with Gasteiger partial charge in [-0.1, -0.05) is 19.9 Å². The van der Waals surface area contributed by atoms with Crippen LogP contribution in [0.2, 0.25) is 0 Å². The van der Waals surface area contributed by atoms with E-state index in [4.69, 9.17) is 0 Å². The van der Waals surface area contributed by atoms with Gasteiger partial charge < -0.3 is 10.2 Å². The lowest BCUT2D eigenvalue weighted by Crippen LogP contribution is -2.52. The van der Waals surface area contributed by atoms with Crippen molar-refractivity contribution in [3.63, 3.8) is 0 Å². The van der Waals surface area contributed by atoms with Gasteiger partial charge in [-0.3, -0.25) is 9.59 Å². The third-order valence-corrected chi connectivity index (χ3v) is 9.00. The van der Waals surface area contributed by atoms with Gasteiger partial charge in [0.05, 0.1) is 22.4 Å². The molecule has 1 aromatic carbocycles. The fraction of sp³-hybridized carbons (Fsp3) is 0.520. The van der Waals surface area contributed by atoms with Crippen LogP contribution < -0.4 is 5.32 Å². The van der Waals surface area contributed by atoms with Crippen molar-refractivity contribution in [3.05, 3.63) is 47.2 Å². The van der Waals surface area contributed by atoms with Crippen molar-refractivity contribution in [2.75, 3.05) is 20.1 Å². The van der Waals surface area contributed by atoms with Gasteiger partial charge >= 0.3 is 0 Å². The molecule has 0 spiro atoms. The molecule has 1 aromatic heterocycles. The first kappa shape index (κ1) is 20.7. The third-order valence-electron chi connectivity index (χ3n) is 9.00. The van der Waals surface area contributed by atoms with E-state index in [1.807, 2.05) is 4.90 Å². The van der Waals surface area contributed by atoms with Crippen LogP contribution in [0.15, 0.2) is 24.3 Å². The Bertz CT molecular complexity index is 1180. The van der Waals surface area contributed by atoms with Crippen LogP contribution in [-0.4, -0.2) is 47.0 Å². The maximum atomic E-state index is 14.4. The number of hydrogen-bond donors (Lipinski definition) is 1. The highest BCUT2D eigenvalue weighted by molar-refractivity contribution is 5.93. The first-order chi connectivity index (χ1) is 15.7. The van der Waals surface area contributed by atoms with Gasteiger partial charge in [0.1, 0.15) is 11.6 Å². The molecule has 1 N–H and O–H groups in total. The number of halogens is 2. The van der Waals surface area contributed by atoms with E-state index in [0.29, 0.717) is 25.2 Å². The fourth-order valence-electron chi connectivity index (χ4n) is 7.18. The molecule has 1 saturated heterocycles. The lowest BCUT2D eigenvalue weighted by atomic mass is 9.67. The molecule has 6 nitrogen and oxygen atoms in total. The third kappa shape index (κ3) is 2.47. The summed E-state index contributed by atoms with van der Waals surface area (Å²) in [6.07, 6.45) is 1.50. The zero-order valence-corrected chi connectivity index (χ0v) is 18.9. The lowest BCUT2D eigenvalue weighted by Gasteiger charge is -2.39. The highest BCUT2D eigenvalue weighted by Gasteiger charge is 2.70. The molecule has 2 aromatic rings. The summed E-state index contributed by atoms with van der Waals surface area (Å²) in [7, 11) is 1.65. The lowest BCUT2D eigenvalue weighted by molar-refractivity contribution is -0.141. The Morgan fingerprint density at radius 1 is 1.12 bits per heavy atom. The fourth-order valence-corrected chi connectivity index (χ4v) is 7.18. The SMILES string of the molecule is CNC(=O)[C@H]1[C@@H]2CN(C(=O)[C@]34CC[C@H](c5cc(-c6c(F)cccc6F)nnc53)C4(C)C)C[C@@H]21. The van der Waals surface area contributed by atoms with Crippen molar-refractivity contribution in [2.45, 2.75) is 38.0 Å². The predicted octanol–water partition coefficient (Wildman–Crippen LogP) is 3.03. The largest absolute Gasteiger partial charge is 0.359 e. The Kier molecular flexibility index (Phi) is 4.12. The van der Waals surface area contributed by atoms with E-state index in [1.54, 1.807) is 13.1 Å². The standard InChI is InChI=1S/C25H26F2N4O2/c1-24(2)15-7-8-25(24,23(33)31-10-13-14(11-31)19(13)22(32)28-3)21-12(15)9-18(29-30-21)20-16(26)5-4-6-17(20)27/h4-6,9,13-15,19H,7-8,10-11H2,1-3H3,(H,28,32)/t13-,14+,15-,19+,25+/m1/s1. The second-order valence-corrected chi connectivity index (χ2v) is 10.5. The molecule has 5 atom stereocenters. The van der Waals surface area contributed by atoms with Crippen molar-refractivity contribution >= 4 is 11.8 Å². The average Bonchev–Trinajstić information content (AvgIpc) is 3.07. The molecule has 2 saturated carbocycles. The number of carbonyl (C=O) groups excluding carboxylic acids is 2. The number of rotatable bonds is 3. The topological polar surface area (TPSA) is 75.2 Å². The molecule has 33 heavy (non-hydrogen) atoms. The van der Waals surface area contributed by atoms with Gasteiger partial charge in [-0.25, -0.2) is 8.78 Å². The molecule has 2 amide bonds. The van der Waals surface area contributed by atoms with Crippen LogP contribution in [-0.2, 0) is 15.0 Å². The molecule has 3 fully saturated rings.